The number of nitrogens with one attached hydrogen (secondary N) is 1. The second kappa shape index (κ2) is 13.2. The van der Waals surface area contributed by atoms with E-state index in [2.05, 4.69) is 5.32 Å². The molecule has 11 heteroatoms. The van der Waals surface area contributed by atoms with Crippen molar-refractivity contribution < 1.29 is 28.7 Å². The molecule has 0 aliphatic heterocycles. The summed E-state index contributed by atoms with van der Waals surface area (Å²) in [4.78, 5) is 36.6. The number of rotatable bonds is 11. The lowest BCUT2D eigenvalue weighted by atomic mass is 10.1. The van der Waals surface area contributed by atoms with Crippen LogP contribution in [0.5, 0.6) is 11.5 Å². The minimum Gasteiger partial charge on any atom is -0.490 e. The smallest absolute Gasteiger partial charge is 0.341 e. The zero-order chi connectivity index (χ0) is 28.5. The lowest BCUT2D eigenvalue weighted by Gasteiger charge is -2.13. The van der Waals surface area contributed by atoms with Crippen molar-refractivity contribution in [1.82, 2.24) is 0 Å². The van der Waals surface area contributed by atoms with Gasteiger partial charge in [0.2, 0.25) is 0 Å². The molecule has 0 radical (unpaired) electrons. The van der Waals surface area contributed by atoms with Crippen LogP contribution in [0.2, 0.25) is 0 Å². The van der Waals surface area contributed by atoms with Gasteiger partial charge in [0.15, 0.2) is 11.5 Å². The van der Waals surface area contributed by atoms with Gasteiger partial charge in [0.05, 0.1) is 23.7 Å². The molecule has 0 atom stereocenters. The maximum absolute atomic E-state index is 13.0. The van der Waals surface area contributed by atoms with Crippen molar-refractivity contribution in [2.45, 2.75) is 34.3 Å². The number of thiophene rings is 1. The molecule has 1 heterocycles. The number of non-ortho nitro benzene ring substituents is 1. The molecule has 0 fully saturated rings. The number of amides is 1. The van der Waals surface area contributed by atoms with E-state index in [1.807, 2.05) is 19.9 Å². The lowest BCUT2D eigenvalue weighted by Crippen LogP contribution is -2.16. The Kier molecular flexibility index (Phi) is 9.78. The number of nitro benzene ring substituents is 1. The number of ether oxygens (including phenoxy) is 3. The Balaban J connectivity index is 1.81. The predicted octanol–water partition coefficient (Wildman–Crippen LogP) is 5.97. The Morgan fingerprint density at radius 3 is 2.41 bits per heavy atom. The van der Waals surface area contributed by atoms with Crippen molar-refractivity contribution >= 4 is 40.0 Å². The molecular formula is C28H27N3O7S. The normalized spacial score (nSPS) is 10.9. The Morgan fingerprint density at radius 2 is 1.79 bits per heavy atom. The van der Waals surface area contributed by atoms with Gasteiger partial charge in [0.25, 0.3) is 11.6 Å². The topological polar surface area (TPSA) is 141 Å². The Morgan fingerprint density at radius 1 is 1.08 bits per heavy atom. The van der Waals surface area contributed by atoms with Crippen LogP contribution >= 0.6 is 11.3 Å². The summed E-state index contributed by atoms with van der Waals surface area (Å²) in [6.07, 6.45) is 1.41. The summed E-state index contributed by atoms with van der Waals surface area (Å²) in [5, 5.41) is 23.5. The van der Waals surface area contributed by atoms with E-state index in [-0.39, 0.29) is 30.0 Å². The van der Waals surface area contributed by atoms with Crippen LogP contribution in [0.15, 0.2) is 48.0 Å². The summed E-state index contributed by atoms with van der Waals surface area (Å²) in [7, 11) is 0. The zero-order valence-electron chi connectivity index (χ0n) is 21.9. The molecule has 0 unspecified atom stereocenters. The molecule has 0 aliphatic carbocycles. The van der Waals surface area contributed by atoms with E-state index >= 15 is 0 Å². The SMILES string of the molecule is CCOC(=O)c1c(NC(=O)/C(C#N)=C/c2ccc(OCc3ccc([N+](=O)[O-])cc3)c(OCC)c2)sc(C)c1C. The number of nitrogens with zero attached hydrogens (tertiary/aromatic N) is 2. The van der Waals surface area contributed by atoms with Crippen LogP contribution in [-0.2, 0) is 16.1 Å². The van der Waals surface area contributed by atoms with Gasteiger partial charge in [-0.1, -0.05) is 6.07 Å². The van der Waals surface area contributed by atoms with Gasteiger partial charge < -0.3 is 19.5 Å². The van der Waals surface area contributed by atoms with E-state index < -0.39 is 16.8 Å². The molecule has 10 nitrogen and oxygen atoms in total. The minimum atomic E-state index is -0.666. The Labute approximate surface area is 229 Å². The van der Waals surface area contributed by atoms with Crippen molar-refractivity contribution in [2.75, 3.05) is 18.5 Å². The van der Waals surface area contributed by atoms with Crippen LogP contribution in [0.1, 0.15) is 45.8 Å². The molecule has 0 saturated carbocycles. The fourth-order valence-corrected chi connectivity index (χ4v) is 4.57. The van der Waals surface area contributed by atoms with Crippen molar-refractivity contribution in [3.8, 4) is 17.6 Å². The lowest BCUT2D eigenvalue weighted by molar-refractivity contribution is -0.384. The van der Waals surface area contributed by atoms with Gasteiger partial charge in [0, 0.05) is 17.0 Å². The number of aryl methyl sites for hydroxylation is 1. The second-order valence-corrected chi connectivity index (χ2v) is 9.41. The number of esters is 1. The van der Waals surface area contributed by atoms with Crippen molar-refractivity contribution in [3.05, 3.63) is 85.3 Å². The van der Waals surface area contributed by atoms with Gasteiger partial charge in [0.1, 0.15) is 23.3 Å². The maximum atomic E-state index is 13.0. The third-order valence-corrected chi connectivity index (χ3v) is 6.70. The van der Waals surface area contributed by atoms with Crippen LogP contribution in [0.4, 0.5) is 10.7 Å². The summed E-state index contributed by atoms with van der Waals surface area (Å²) >= 11 is 1.24. The molecule has 0 saturated heterocycles. The van der Waals surface area contributed by atoms with Crippen LogP contribution in [-0.4, -0.2) is 30.0 Å². The van der Waals surface area contributed by atoms with Gasteiger partial charge in [-0.05, 0) is 74.7 Å². The highest BCUT2D eigenvalue weighted by Gasteiger charge is 2.23. The number of anilines is 1. The van der Waals surface area contributed by atoms with E-state index in [1.54, 1.807) is 44.2 Å². The fraction of sp³-hybridized carbons (Fsp3) is 0.250. The molecule has 39 heavy (non-hydrogen) atoms. The Hall–Kier alpha value is -4.69. The molecular weight excluding hydrogens is 522 g/mol. The monoisotopic (exact) mass is 549 g/mol. The van der Waals surface area contributed by atoms with Crippen LogP contribution in [0.3, 0.4) is 0 Å². The summed E-state index contributed by atoms with van der Waals surface area (Å²) in [5.74, 6) is -0.373. The molecule has 0 aliphatic rings. The molecule has 3 rings (SSSR count). The predicted molar refractivity (Wildman–Crippen MR) is 147 cm³/mol. The van der Waals surface area contributed by atoms with Gasteiger partial charge in [-0.3, -0.25) is 14.9 Å². The fourth-order valence-electron chi connectivity index (χ4n) is 3.53. The van der Waals surface area contributed by atoms with E-state index in [0.717, 1.165) is 10.4 Å². The van der Waals surface area contributed by atoms with E-state index in [4.69, 9.17) is 14.2 Å². The third kappa shape index (κ3) is 7.21. The first kappa shape index (κ1) is 28.9. The first-order valence-corrected chi connectivity index (χ1v) is 12.8. The van der Waals surface area contributed by atoms with Crippen molar-refractivity contribution in [3.63, 3.8) is 0 Å². The average molecular weight is 550 g/mol. The Bertz CT molecular complexity index is 1450. The first-order valence-electron chi connectivity index (χ1n) is 12.0. The highest BCUT2D eigenvalue weighted by Crippen LogP contribution is 2.34. The second-order valence-electron chi connectivity index (χ2n) is 8.18. The summed E-state index contributed by atoms with van der Waals surface area (Å²) in [5.41, 5.74) is 2.06. The van der Waals surface area contributed by atoms with Crippen LogP contribution in [0.25, 0.3) is 6.08 Å². The zero-order valence-corrected chi connectivity index (χ0v) is 22.7. The van der Waals surface area contributed by atoms with Crippen molar-refractivity contribution in [2.24, 2.45) is 0 Å². The molecule has 0 spiro atoms. The number of benzene rings is 2. The molecule has 1 N–H and O–H groups in total. The first-order chi connectivity index (χ1) is 18.7. The standard InChI is InChI=1S/C28H27N3O7S/c1-5-36-24-14-20(9-12-23(24)38-16-19-7-10-22(11-8-19)31(34)35)13-21(15-29)26(32)30-27-25(28(33)37-6-2)17(3)18(4)39-27/h7-14H,5-6,16H2,1-4H3,(H,30,32)/b21-13+. The van der Waals surface area contributed by atoms with E-state index in [9.17, 15) is 25.0 Å². The minimum absolute atomic E-state index is 0.0105. The average Bonchev–Trinajstić information content (AvgIpc) is 3.19. The number of nitriles is 1. The number of carbonyl (C=O) groups is 2. The van der Waals surface area contributed by atoms with Gasteiger partial charge in [-0.25, -0.2) is 4.79 Å². The molecule has 202 valence electrons. The highest BCUT2D eigenvalue weighted by atomic mass is 32.1. The summed E-state index contributed by atoms with van der Waals surface area (Å²) in [6, 6.07) is 12.9. The van der Waals surface area contributed by atoms with Gasteiger partial charge in [-0.2, -0.15) is 5.26 Å². The largest absolute Gasteiger partial charge is 0.490 e. The number of carbonyl (C=O) groups excluding carboxylic acids is 2. The van der Waals surface area contributed by atoms with E-state index in [1.165, 1.54) is 29.5 Å². The molecule has 0 bridgehead atoms. The molecule has 1 amide bonds. The van der Waals surface area contributed by atoms with E-state index in [0.29, 0.717) is 34.2 Å². The molecule has 3 aromatic rings. The van der Waals surface area contributed by atoms with Crippen LogP contribution < -0.4 is 14.8 Å². The van der Waals surface area contributed by atoms with Crippen molar-refractivity contribution in [1.29, 1.82) is 5.26 Å². The summed E-state index contributed by atoms with van der Waals surface area (Å²) in [6.45, 7) is 7.81. The quantitative estimate of drug-likeness (QED) is 0.101. The third-order valence-electron chi connectivity index (χ3n) is 5.58. The molecule has 1 aromatic heterocycles. The van der Waals surface area contributed by atoms with Gasteiger partial charge in [-0.15, -0.1) is 11.3 Å². The maximum Gasteiger partial charge on any atom is 0.341 e. The van der Waals surface area contributed by atoms with Crippen LogP contribution in [0, 0.1) is 35.3 Å². The highest BCUT2D eigenvalue weighted by molar-refractivity contribution is 7.16. The number of hydrogen-bond acceptors (Lipinski definition) is 9. The van der Waals surface area contributed by atoms with Gasteiger partial charge >= 0.3 is 5.97 Å². The number of hydrogen-bond donors (Lipinski definition) is 1. The number of nitro groups is 1. The summed E-state index contributed by atoms with van der Waals surface area (Å²) < 4.78 is 16.7. The molecule has 2 aromatic carbocycles.